The second kappa shape index (κ2) is 4.77. The van der Waals surface area contributed by atoms with Crippen molar-refractivity contribution >= 4 is 11.8 Å². The quantitative estimate of drug-likeness (QED) is 0.791. The number of nitrogens with zero attached hydrogens (tertiary/aromatic N) is 3. The first kappa shape index (κ1) is 10.7. The van der Waals surface area contributed by atoms with Gasteiger partial charge in [0.2, 0.25) is 0 Å². The maximum Gasteiger partial charge on any atom is 0.173 e. The molecule has 0 aliphatic carbocycles. The molecule has 0 aliphatic rings. The Bertz CT molecular complexity index is 529. The largest absolute Gasteiger partial charge is 0.245 e. The predicted molar refractivity (Wildman–Crippen MR) is 62.0 cm³/mol. The van der Waals surface area contributed by atoms with Crippen molar-refractivity contribution in [2.45, 2.75) is 16.8 Å². The van der Waals surface area contributed by atoms with Crippen LogP contribution in [-0.2, 0) is 0 Å². The van der Waals surface area contributed by atoms with Gasteiger partial charge in [0.15, 0.2) is 5.69 Å². The number of rotatable bonds is 2. The van der Waals surface area contributed by atoms with Crippen LogP contribution in [0.2, 0.25) is 0 Å². The van der Waals surface area contributed by atoms with Gasteiger partial charge >= 0.3 is 0 Å². The summed E-state index contributed by atoms with van der Waals surface area (Å²) in [6.07, 6.45) is 3.12. The molecule has 0 spiro atoms. The topological polar surface area (TPSA) is 49.6 Å². The second-order valence-corrected chi connectivity index (χ2v) is 4.30. The molecular weight excluding hydrogens is 218 g/mol. The van der Waals surface area contributed by atoms with Gasteiger partial charge < -0.3 is 0 Å². The van der Waals surface area contributed by atoms with Crippen molar-refractivity contribution in [2.24, 2.45) is 0 Å². The van der Waals surface area contributed by atoms with Crippen molar-refractivity contribution in [1.29, 1.82) is 5.26 Å². The Morgan fingerprint density at radius 3 is 2.50 bits per heavy atom. The molecule has 0 aliphatic heterocycles. The molecule has 0 saturated heterocycles. The standard InChI is InChI=1S/C12H9N3S/c1-9-2-4-10(5-3-9)16-12-11(8-13)14-6-7-15-12/h2-7H,1H3. The fraction of sp³-hybridized carbons (Fsp3) is 0.0833. The number of hydrogen-bond acceptors (Lipinski definition) is 4. The third kappa shape index (κ3) is 2.38. The predicted octanol–water partition coefficient (Wildman–Crippen LogP) is 2.81. The molecule has 0 atom stereocenters. The van der Waals surface area contributed by atoms with Crippen LogP contribution >= 0.6 is 11.8 Å². The van der Waals surface area contributed by atoms with E-state index in [0.29, 0.717) is 10.7 Å². The SMILES string of the molecule is Cc1ccc(Sc2nccnc2C#N)cc1. The monoisotopic (exact) mass is 227 g/mol. The highest BCUT2D eigenvalue weighted by Crippen LogP contribution is 2.27. The van der Waals surface area contributed by atoms with E-state index in [4.69, 9.17) is 5.26 Å². The maximum absolute atomic E-state index is 8.87. The maximum atomic E-state index is 8.87. The van der Waals surface area contributed by atoms with Gasteiger partial charge in [0.05, 0.1) is 0 Å². The van der Waals surface area contributed by atoms with E-state index in [1.807, 2.05) is 37.3 Å². The van der Waals surface area contributed by atoms with Gasteiger partial charge in [0.1, 0.15) is 11.1 Å². The Morgan fingerprint density at radius 2 is 1.81 bits per heavy atom. The van der Waals surface area contributed by atoms with Crippen LogP contribution in [0.5, 0.6) is 0 Å². The lowest BCUT2D eigenvalue weighted by Crippen LogP contribution is -1.89. The Labute approximate surface area is 98.2 Å². The molecule has 0 unspecified atom stereocenters. The molecule has 0 saturated carbocycles. The van der Waals surface area contributed by atoms with Crippen LogP contribution in [0.15, 0.2) is 46.6 Å². The molecule has 4 heteroatoms. The van der Waals surface area contributed by atoms with Crippen LogP contribution in [0.1, 0.15) is 11.3 Å². The summed E-state index contributed by atoms with van der Waals surface area (Å²) in [5.41, 5.74) is 1.58. The third-order valence-electron chi connectivity index (χ3n) is 2.01. The van der Waals surface area contributed by atoms with Gasteiger partial charge in [-0.15, -0.1) is 0 Å². The summed E-state index contributed by atoms with van der Waals surface area (Å²) in [6.45, 7) is 2.04. The van der Waals surface area contributed by atoms with Gasteiger partial charge in [-0.05, 0) is 19.1 Å². The minimum atomic E-state index is 0.369. The summed E-state index contributed by atoms with van der Waals surface area (Å²) < 4.78 is 0. The average molecular weight is 227 g/mol. The van der Waals surface area contributed by atoms with Gasteiger partial charge in [-0.2, -0.15) is 5.26 Å². The molecule has 2 aromatic rings. The zero-order valence-corrected chi connectivity index (χ0v) is 9.53. The summed E-state index contributed by atoms with van der Waals surface area (Å²) in [6, 6.07) is 10.1. The van der Waals surface area contributed by atoms with Crippen molar-refractivity contribution < 1.29 is 0 Å². The molecule has 1 aromatic carbocycles. The number of hydrogen-bond donors (Lipinski definition) is 0. The van der Waals surface area contributed by atoms with Crippen molar-refractivity contribution in [3.8, 4) is 6.07 Å². The smallest absolute Gasteiger partial charge is 0.173 e. The van der Waals surface area contributed by atoms with E-state index in [0.717, 1.165) is 4.90 Å². The van der Waals surface area contributed by atoms with E-state index in [2.05, 4.69) is 9.97 Å². The second-order valence-electron chi connectivity index (χ2n) is 3.24. The van der Waals surface area contributed by atoms with E-state index in [9.17, 15) is 0 Å². The van der Waals surface area contributed by atoms with Gasteiger partial charge in [-0.1, -0.05) is 29.5 Å². The summed E-state index contributed by atoms with van der Waals surface area (Å²) in [5.74, 6) is 0. The highest BCUT2D eigenvalue weighted by Gasteiger charge is 2.05. The lowest BCUT2D eigenvalue weighted by molar-refractivity contribution is 1.02. The van der Waals surface area contributed by atoms with Crippen LogP contribution in [0, 0.1) is 18.3 Å². The molecule has 0 fully saturated rings. The van der Waals surface area contributed by atoms with Crippen molar-refractivity contribution in [3.63, 3.8) is 0 Å². The lowest BCUT2D eigenvalue weighted by atomic mass is 10.2. The first-order valence-electron chi connectivity index (χ1n) is 4.75. The Morgan fingerprint density at radius 1 is 1.12 bits per heavy atom. The summed E-state index contributed by atoms with van der Waals surface area (Å²) >= 11 is 1.45. The Hall–Kier alpha value is -1.86. The normalized spacial score (nSPS) is 9.75. The van der Waals surface area contributed by atoms with Gasteiger partial charge in [-0.25, -0.2) is 9.97 Å². The molecule has 0 amide bonds. The minimum absolute atomic E-state index is 0.369. The molecule has 3 nitrogen and oxygen atoms in total. The van der Waals surface area contributed by atoms with E-state index < -0.39 is 0 Å². The summed E-state index contributed by atoms with van der Waals surface area (Å²) in [4.78, 5) is 9.17. The zero-order chi connectivity index (χ0) is 11.4. The van der Waals surface area contributed by atoms with E-state index in [1.165, 1.54) is 23.5 Å². The van der Waals surface area contributed by atoms with Crippen molar-refractivity contribution in [3.05, 3.63) is 47.9 Å². The lowest BCUT2D eigenvalue weighted by Gasteiger charge is -2.01. The van der Waals surface area contributed by atoms with E-state index >= 15 is 0 Å². The molecule has 2 rings (SSSR count). The number of benzene rings is 1. The summed E-state index contributed by atoms with van der Waals surface area (Å²) in [5, 5.41) is 9.52. The van der Waals surface area contributed by atoms with Crippen LogP contribution in [0.25, 0.3) is 0 Å². The van der Waals surface area contributed by atoms with Crippen LogP contribution in [0.3, 0.4) is 0 Å². The fourth-order valence-corrected chi connectivity index (χ4v) is 2.00. The van der Waals surface area contributed by atoms with Crippen LogP contribution in [0.4, 0.5) is 0 Å². The third-order valence-corrected chi connectivity index (χ3v) is 3.01. The molecule has 16 heavy (non-hydrogen) atoms. The van der Waals surface area contributed by atoms with Gasteiger partial charge in [-0.3, -0.25) is 0 Å². The van der Waals surface area contributed by atoms with Crippen LogP contribution in [-0.4, -0.2) is 9.97 Å². The molecule has 0 bridgehead atoms. The minimum Gasteiger partial charge on any atom is -0.245 e. The van der Waals surface area contributed by atoms with Crippen LogP contribution < -0.4 is 0 Å². The number of nitriles is 1. The molecule has 78 valence electrons. The van der Waals surface area contributed by atoms with Gasteiger partial charge in [0.25, 0.3) is 0 Å². The Kier molecular flexibility index (Phi) is 3.18. The van der Waals surface area contributed by atoms with E-state index in [-0.39, 0.29) is 0 Å². The number of aromatic nitrogens is 2. The summed E-state index contributed by atoms with van der Waals surface area (Å²) in [7, 11) is 0. The number of aryl methyl sites for hydroxylation is 1. The zero-order valence-electron chi connectivity index (χ0n) is 8.71. The molecular formula is C12H9N3S. The highest BCUT2D eigenvalue weighted by atomic mass is 32.2. The molecule has 1 heterocycles. The average Bonchev–Trinajstić information content (AvgIpc) is 2.33. The van der Waals surface area contributed by atoms with Crippen molar-refractivity contribution in [2.75, 3.05) is 0 Å². The fourth-order valence-electron chi connectivity index (χ4n) is 1.19. The van der Waals surface area contributed by atoms with Gasteiger partial charge in [0, 0.05) is 17.3 Å². The highest BCUT2D eigenvalue weighted by molar-refractivity contribution is 7.99. The molecule has 1 aromatic heterocycles. The first-order chi connectivity index (χ1) is 7.79. The molecule has 0 N–H and O–H groups in total. The van der Waals surface area contributed by atoms with E-state index in [1.54, 1.807) is 6.20 Å². The van der Waals surface area contributed by atoms with Crippen molar-refractivity contribution in [1.82, 2.24) is 9.97 Å². The first-order valence-corrected chi connectivity index (χ1v) is 5.57. The molecule has 0 radical (unpaired) electrons. The Balaban J connectivity index is 2.27.